The molecule has 9 heteroatoms. The minimum atomic E-state index is -4.67. The zero-order chi connectivity index (χ0) is 10.3. The van der Waals surface area contributed by atoms with Gasteiger partial charge in [-0.1, -0.05) is 0 Å². The van der Waals surface area contributed by atoms with Crippen LogP contribution in [0.15, 0.2) is 0 Å². The summed E-state index contributed by atoms with van der Waals surface area (Å²) in [6.07, 6.45) is 0.00796. The number of carbonyl (C=O) groups is 1. The predicted octanol–water partition coefficient (Wildman–Crippen LogP) is -2.93. The molecule has 0 amide bonds. The van der Waals surface area contributed by atoms with E-state index in [1.807, 2.05) is 0 Å². The number of hydrogen-bond acceptors (Lipinski definition) is 7. The van der Waals surface area contributed by atoms with Gasteiger partial charge in [0.05, 0.1) is 13.0 Å². The summed E-state index contributed by atoms with van der Waals surface area (Å²) in [6, 6.07) is 0. The van der Waals surface area contributed by atoms with Crippen molar-refractivity contribution in [2.24, 2.45) is 0 Å². The molecule has 0 bridgehead atoms. The Morgan fingerprint density at radius 2 is 2.07 bits per heavy atom. The summed E-state index contributed by atoms with van der Waals surface area (Å²) in [5.74, 6) is -0.387. The van der Waals surface area contributed by atoms with Crippen molar-refractivity contribution in [2.75, 3.05) is 12.4 Å². The minimum absolute atomic E-state index is 0. The molecule has 0 spiro atoms. The van der Waals surface area contributed by atoms with E-state index in [2.05, 4.69) is 8.37 Å². The molecule has 0 N–H and O–H groups in total. The molecule has 14 heavy (non-hydrogen) atoms. The second kappa shape index (κ2) is 8.96. The normalized spacial score (nSPS) is 10.4. The van der Waals surface area contributed by atoms with Gasteiger partial charge in [-0.05, 0) is 6.92 Å². The SMILES string of the molecule is CCOC(=O)CCSOS(=O)(=O)[O-].[Na+]. The third-order valence-electron chi connectivity index (χ3n) is 0.826. The molecule has 6 nitrogen and oxygen atoms in total. The molecule has 0 aliphatic rings. The van der Waals surface area contributed by atoms with Crippen LogP contribution in [0.4, 0.5) is 0 Å². The molecule has 0 aromatic rings. The van der Waals surface area contributed by atoms with E-state index in [0.717, 1.165) is 0 Å². The van der Waals surface area contributed by atoms with Crippen molar-refractivity contribution in [3.63, 3.8) is 0 Å². The molecule has 0 saturated carbocycles. The quantitative estimate of drug-likeness (QED) is 0.125. The van der Waals surface area contributed by atoms with Gasteiger partial charge in [-0.25, -0.2) is 12.0 Å². The average Bonchev–Trinajstić information content (AvgIpc) is 1.97. The van der Waals surface area contributed by atoms with Gasteiger partial charge in [-0.15, -0.1) is 0 Å². The Labute approximate surface area is 109 Å². The largest absolute Gasteiger partial charge is 1.00 e. The van der Waals surface area contributed by atoms with E-state index in [-0.39, 0.29) is 48.3 Å². The summed E-state index contributed by atoms with van der Waals surface area (Å²) in [7, 11) is -4.67. The van der Waals surface area contributed by atoms with Gasteiger partial charge in [-0.2, -0.15) is 0 Å². The first kappa shape index (κ1) is 17.1. The second-order valence-electron chi connectivity index (χ2n) is 1.85. The van der Waals surface area contributed by atoms with Crippen LogP contribution in [0.1, 0.15) is 13.3 Å². The Hall–Kier alpha value is 0.690. The Morgan fingerprint density at radius 1 is 1.50 bits per heavy atom. The first-order chi connectivity index (χ1) is 5.95. The number of hydrogen-bond donors (Lipinski definition) is 0. The molecule has 0 fully saturated rings. The third-order valence-corrected chi connectivity index (χ3v) is 2.25. The fraction of sp³-hybridized carbons (Fsp3) is 0.800. The Kier molecular flexibility index (Phi) is 10.9. The number of ether oxygens (including phenoxy) is 1. The van der Waals surface area contributed by atoms with Gasteiger partial charge >= 0.3 is 35.5 Å². The maximum absolute atomic E-state index is 10.6. The fourth-order valence-corrected chi connectivity index (χ4v) is 1.44. The van der Waals surface area contributed by atoms with Gasteiger partial charge in [0.1, 0.15) is 0 Å². The maximum Gasteiger partial charge on any atom is 1.00 e. The van der Waals surface area contributed by atoms with E-state index < -0.39 is 16.4 Å². The van der Waals surface area contributed by atoms with Crippen molar-refractivity contribution in [3.8, 4) is 0 Å². The van der Waals surface area contributed by atoms with Crippen molar-refractivity contribution in [3.05, 3.63) is 0 Å². The van der Waals surface area contributed by atoms with Gasteiger partial charge in [0.15, 0.2) is 0 Å². The van der Waals surface area contributed by atoms with Crippen LogP contribution in [0.5, 0.6) is 0 Å². The first-order valence-corrected chi connectivity index (χ1v) is 5.62. The van der Waals surface area contributed by atoms with Gasteiger partial charge in [0.2, 0.25) is 10.4 Å². The molecule has 0 rings (SSSR count). The standard InChI is InChI=1S/C5H10O6S2.Na/c1-2-10-5(6)3-4-12-11-13(7,8)9;/h2-4H2,1H3,(H,7,8,9);/q;+1/p-1. The summed E-state index contributed by atoms with van der Waals surface area (Å²) >= 11 is 0.413. The number of rotatable bonds is 6. The summed E-state index contributed by atoms with van der Waals surface area (Å²) in [5.41, 5.74) is 0. The van der Waals surface area contributed by atoms with Crippen LogP contribution < -0.4 is 29.6 Å². The Morgan fingerprint density at radius 3 is 2.50 bits per heavy atom. The van der Waals surface area contributed by atoms with E-state index in [1.165, 1.54) is 0 Å². The van der Waals surface area contributed by atoms with Crippen LogP contribution in [0.3, 0.4) is 0 Å². The van der Waals surface area contributed by atoms with E-state index in [9.17, 15) is 17.8 Å². The molecule has 0 radical (unpaired) electrons. The molecule has 78 valence electrons. The second-order valence-corrected chi connectivity index (χ2v) is 3.86. The van der Waals surface area contributed by atoms with E-state index in [0.29, 0.717) is 12.0 Å². The number of esters is 1. The molecule has 0 aliphatic carbocycles. The van der Waals surface area contributed by atoms with Crippen LogP contribution in [-0.4, -0.2) is 31.3 Å². The van der Waals surface area contributed by atoms with Crippen molar-refractivity contribution < 1.29 is 55.7 Å². The van der Waals surface area contributed by atoms with Gasteiger partial charge in [-0.3, -0.25) is 4.79 Å². The minimum Gasteiger partial charge on any atom is -0.725 e. The summed E-state index contributed by atoms with van der Waals surface area (Å²) < 4.78 is 38.0. The molecule has 0 saturated heterocycles. The van der Waals surface area contributed by atoms with Crippen LogP contribution >= 0.6 is 12.0 Å². The summed E-state index contributed by atoms with van der Waals surface area (Å²) in [5, 5.41) is 0. The van der Waals surface area contributed by atoms with Crippen molar-refractivity contribution in [2.45, 2.75) is 13.3 Å². The van der Waals surface area contributed by atoms with Gasteiger partial charge in [0, 0.05) is 17.8 Å². The summed E-state index contributed by atoms with van der Waals surface area (Å²) in [4.78, 5) is 10.6. The first-order valence-electron chi connectivity index (χ1n) is 3.38. The van der Waals surface area contributed by atoms with Crippen LogP contribution in [0, 0.1) is 0 Å². The Bertz CT molecular complexity index is 251. The predicted molar refractivity (Wildman–Crippen MR) is 44.5 cm³/mol. The zero-order valence-corrected chi connectivity index (χ0v) is 11.5. The third kappa shape index (κ3) is 12.7. The summed E-state index contributed by atoms with van der Waals surface area (Å²) in [6.45, 7) is 1.92. The van der Waals surface area contributed by atoms with Gasteiger partial charge in [0.25, 0.3) is 0 Å². The zero-order valence-electron chi connectivity index (χ0n) is 7.89. The number of carbonyl (C=O) groups excluding carboxylic acids is 1. The molecular weight excluding hydrogens is 243 g/mol. The molecule has 0 aliphatic heterocycles. The van der Waals surface area contributed by atoms with Crippen molar-refractivity contribution in [1.29, 1.82) is 0 Å². The Balaban J connectivity index is 0. The molecule has 0 heterocycles. The smallest absolute Gasteiger partial charge is 0.725 e. The van der Waals surface area contributed by atoms with Crippen molar-refractivity contribution >= 4 is 28.4 Å². The fourth-order valence-electron chi connectivity index (χ4n) is 0.451. The van der Waals surface area contributed by atoms with Crippen LogP contribution in [0.2, 0.25) is 0 Å². The average molecular weight is 252 g/mol. The molecule has 0 unspecified atom stereocenters. The van der Waals surface area contributed by atoms with Crippen molar-refractivity contribution in [1.82, 2.24) is 0 Å². The molecule has 0 atom stereocenters. The maximum atomic E-state index is 10.6. The molecule has 0 aromatic heterocycles. The van der Waals surface area contributed by atoms with E-state index in [4.69, 9.17) is 0 Å². The van der Waals surface area contributed by atoms with Gasteiger partial charge < -0.3 is 9.29 Å². The monoisotopic (exact) mass is 252 g/mol. The van der Waals surface area contributed by atoms with Crippen LogP contribution in [-0.2, 0) is 23.6 Å². The van der Waals surface area contributed by atoms with E-state index in [1.54, 1.807) is 6.92 Å². The molecule has 0 aromatic carbocycles. The molecular formula is C5H9NaO6S2. The van der Waals surface area contributed by atoms with E-state index >= 15 is 0 Å². The van der Waals surface area contributed by atoms with Crippen LogP contribution in [0.25, 0.3) is 0 Å². The topological polar surface area (TPSA) is 92.7 Å².